The van der Waals surface area contributed by atoms with Gasteiger partial charge in [0, 0.05) is 24.4 Å². The van der Waals surface area contributed by atoms with Gasteiger partial charge < -0.3 is 9.64 Å². The summed E-state index contributed by atoms with van der Waals surface area (Å²) in [5, 5.41) is 15.2. The van der Waals surface area contributed by atoms with Crippen LogP contribution < -0.4 is 5.01 Å². The van der Waals surface area contributed by atoms with Crippen LogP contribution in [-0.2, 0) is 4.74 Å². The normalized spacial score (nSPS) is 14.9. The van der Waals surface area contributed by atoms with Crippen molar-refractivity contribution in [1.82, 2.24) is 30.2 Å². The number of amides is 2. The summed E-state index contributed by atoms with van der Waals surface area (Å²) in [5.41, 5.74) is 0.451. The molecule has 4 rings (SSSR count). The van der Waals surface area contributed by atoms with Gasteiger partial charge in [-0.25, -0.2) is 9.78 Å². The third-order valence-electron chi connectivity index (χ3n) is 4.97. The fourth-order valence-corrected chi connectivity index (χ4v) is 4.43. The van der Waals surface area contributed by atoms with Crippen molar-refractivity contribution in [3.05, 3.63) is 52.7 Å². The molecule has 168 valence electrons. The van der Waals surface area contributed by atoms with E-state index in [9.17, 15) is 9.59 Å². The minimum Gasteiger partial charge on any atom is -0.444 e. The predicted molar refractivity (Wildman–Crippen MR) is 118 cm³/mol. The van der Waals surface area contributed by atoms with Crippen LogP contribution in [0.3, 0.4) is 0 Å². The van der Waals surface area contributed by atoms with Crippen LogP contribution in [0.15, 0.2) is 42.0 Å². The number of anilines is 1. The minimum atomic E-state index is -0.511. The van der Waals surface area contributed by atoms with E-state index in [1.807, 2.05) is 39.0 Å². The number of carbonyl (C=O) groups is 2. The Morgan fingerprint density at radius 1 is 1.16 bits per heavy atom. The number of para-hydroxylation sites is 1. The van der Waals surface area contributed by atoms with Crippen molar-refractivity contribution in [1.29, 1.82) is 0 Å². The number of hydrogen-bond donors (Lipinski definition) is 0. The number of nitrogens with zero attached hydrogens (tertiary/aromatic N) is 7. The maximum absolute atomic E-state index is 13.3. The smallest absolute Gasteiger partial charge is 0.410 e. The van der Waals surface area contributed by atoms with Gasteiger partial charge in [0.05, 0.1) is 10.7 Å². The maximum atomic E-state index is 13.3. The van der Waals surface area contributed by atoms with Gasteiger partial charge in [-0.05, 0) is 56.2 Å². The van der Waals surface area contributed by atoms with E-state index in [0.717, 1.165) is 17.8 Å². The summed E-state index contributed by atoms with van der Waals surface area (Å²) in [7, 11) is 0. The van der Waals surface area contributed by atoms with Gasteiger partial charge in [0.15, 0.2) is 6.33 Å². The zero-order valence-electron chi connectivity index (χ0n) is 18.2. The lowest BCUT2D eigenvalue weighted by atomic mass is 9.98. The minimum absolute atomic E-state index is 0.193. The van der Waals surface area contributed by atoms with Gasteiger partial charge in [0.25, 0.3) is 5.91 Å². The van der Waals surface area contributed by atoms with E-state index >= 15 is 0 Å². The fourth-order valence-electron chi connectivity index (χ4n) is 3.46. The maximum Gasteiger partial charge on any atom is 0.410 e. The number of likely N-dealkylation sites (tertiary alicyclic amines) is 1. The van der Waals surface area contributed by atoms with E-state index in [4.69, 9.17) is 4.74 Å². The molecule has 11 heteroatoms. The Morgan fingerprint density at radius 3 is 2.50 bits per heavy atom. The van der Waals surface area contributed by atoms with Crippen molar-refractivity contribution >= 4 is 29.0 Å². The van der Waals surface area contributed by atoms with Crippen LogP contribution in [0.4, 0.5) is 10.5 Å². The van der Waals surface area contributed by atoms with Gasteiger partial charge in [0.2, 0.25) is 0 Å². The van der Waals surface area contributed by atoms with E-state index in [1.165, 1.54) is 27.5 Å². The van der Waals surface area contributed by atoms with Crippen molar-refractivity contribution in [2.75, 3.05) is 18.1 Å². The monoisotopic (exact) mass is 455 g/mol. The van der Waals surface area contributed by atoms with Crippen LogP contribution in [0.25, 0.3) is 0 Å². The molecule has 3 aromatic rings. The van der Waals surface area contributed by atoms with Crippen molar-refractivity contribution in [2.24, 2.45) is 0 Å². The Morgan fingerprint density at radius 2 is 1.88 bits per heavy atom. The Kier molecular flexibility index (Phi) is 6.17. The van der Waals surface area contributed by atoms with Crippen LogP contribution in [0.5, 0.6) is 0 Å². The molecule has 3 heterocycles. The molecule has 2 amide bonds. The quantitative estimate of drug-likeness (QED) is 0.594. The lowest BCUT2D eigenvalue weighted by molar-refractivity contribution is 0.0204. The first kappa shape index (κ1) is 21.9. The van der Waals surface area contributed by atoms with Crippen molar-refractivity contribution < 1.29 is 14.3 Å². The highest BCUT2D eigenvalue weighted by Crippen LogP contribution is 2.31. The highest BCUT2D eigenvalue weighted by molar-refractivity contribution is 7.10. The summed E-state index contributed by atoms with van der Waals surface area (Å²) >= 11 is 1.46. The number of benzene rings is 1. The van der Waals surface area contributed by atoms with Crippen molar-refractivity contribution in [2.45, 2.75) is 45.1 Å². The van der Waals surface area contributed by atoms with Gasteiger partial charge in [-0.2, -0.15) is 5.01 Å². The van der Waals surface area contributed by atoms with Crippen LogP contribution in [0.2, 0.25) is 0 Å². The number of ether oxygens (including phenoxy) is 1. The number of aromatic nitrogens is 5. The molecule has 1 saturated heterocycles. The SMILES string of the molecule is CC(C)(C)OC(=O)N1CCC(c2nc(C(=O)N(c3ccccc3)n3cnnn3)cs2)CC1. The molecule has 0 N–H and O–H groups in total. The van der Waals surface area contributed by atoms with Gasteiger partial charge in [0.1, 0.15) is 11.3 Å². The summed E-state index contributed by atoms with van der Waals surface area (Å²) in [4.78, 5) is 33.2. The third-order valence-corrected chi connectivity index (χ3v) is 5.98. The molecule has 0 aliphatic carbocycles. The molecule has 1 fully saturated rings. The van der Waals surface area contributed by atoms with Crippen molar-refractivity contribution in [3.63, 3.8) is 0 Å². The lowest BCUT2D eigenvalue weighted by Crippen LogP contribution is -2.41. The molecule has 0 unspecified atom stereocenters. The number of thiazole rings is 1. The molecule has 32 heavy (non-hydrogen) atoms. The van der Waals surface area contributed by atoms with E-state index in [1.54, 1.807) is 22.4 Å². The first-order valence-electron chi connectivity index (χ1n) is 10.4. The number of hydrogen-bond acceptors (Lipinski definition) is 8. The third kappa shape index (κ3) is 4.93. The van der Waals surface area contributed by atoms with Crippen molar-refractivity contribution in [3.8, 4) is 0 Å². The first-order valence-corrected chi connectivity index (χ1v) is 11.3. The highest BCUT2D eigenvalue weighted by Gasteiger charge is 2.30. The molecule has 0 atom stereocenters. The van der Waals surface area contributed by atoms with Gasteiger partial charge >= 0.3 is 6.09 Å². The standard InChI is InChI=1S/C21H25N7O3S/c1-21(2,3)31-20(30)26-11-9-15(10-12-26)18-23-17(13-32-18)19(29)28(27-14-22-24-25-27)16-7-5-4-6-8-16/h4-8,13-15H,9-12H2,1-3H3. The largest absolute Gasteiger partial charge is 0.444 e. The van der Waals surface area contributed by atoms with Crippen LogP contribution in [0, 0.1) is 0 Å². The summed E-state index contributed by atoms with van der Waals surface area (Å²) in [5.74, 6) is -0.129. The highest BCUT2D eigenvalue weighted by atomic mass is 32.1. The Hall–Kier alpha value is -3.34. The van der Waals surface area contributed by atoms with Crippen LogP contribution >= 0.6 is 11.3 Å². The molecule has 0 saturated carbocycles. The van der Waals surface area contributed by atoms with E-state index < -0.39 is 5.60 Å². The number of carbonyl (C=O) groups excluding carboxylic acids is 2. The van der Waals surface area contributed by atoms with Gasteiger partial charge in [-0.1, -0.05) is 18.2 Å². The topological polar surface area (TPSA) is 106 Å². The average molecular weight is 456 g/mol. The molecular weight excluding hydrogens is 430 g/mol. The number of rotatable bonds is 4. The van der Waals surface area contributed by atoms with Crippen LogP contribution in [0.1, 0.15) is 55.0 Å². The molecule has 0 spiro atoms. The lowest BCUT2D eigenvalue weighted by Gasteiger charge is -2.32. The summed E-state index contributed by atoms with van der Waals surface area (Å²) in [6, 6.07) is 9.16. The zero-order valence-corrected chi connectivity index (χ0v) is 19.0. The summed E-state index contributed by atoms with van der Waals surface area (Å²) < 4.78 is 5.46. The first-order chi connectivity index (χ1) is 15.3. The Bertz CT molecular complexity index is 1050. The Balaban J connectivity index is 1.46. The number of piperidine rings is 1. The van der Waals surface area contributed by atoms with Crippen LogP contribution in [-0.4, -0.2) is 60.9 Å². The molecular formula is C21H25N7O3S. The number of tetrazole rings is 1. The fraction of sp³-hybridized carbons (Fsp3) is 0.429. The molecule has 10 nitrogen and oxygen atoms in total. The second-order valence-electron chi connectivity index (χ2n) is 8.50. The second kappa shape index (κ2) is 9.03. The van der Waals surface area contributed by atoms with Gasteiger partial charge in [-0.3, -0.25) is 4.79 Å². The molecule has 0 radical (unpaired) electrons. The predicted octanol–water partition coefficient (Wildman–Crippen LogP) is 3.35. The summed E-state index contributed by atoms with van der Waals surface area (Å²) in [6.07, 6.45) is 2.63. The molecule has 0 bridgehead atoms. The zero-order chi connectivity index (χ0) is 22.7. The second-order valence-corrected chi connectivity index (χ2v) is 9.39. The molecule has 1 aromatic carbocycles. The average Bonchev–Trinajstić information content (AvgIpc) is 3.46. The Labute approximate surface area is 189 Å². The van der Waals surface area contributed by atoms with E-state index in [0.29, 0.717) is 24.5 Å². The van der Waals surface area contributed by atoms with E-state index in [-0.39, 0.29) is 17.9 Å². The van der Waals surface area contributed by atoms with Gasteiger partial charge in [-0.15, -0.1) is 21.2 Å². The molecule has 1 aliphatic heterocycles. The molecule has 2 aromatic heterocycles. The van der Waals surface area contributed by atoms with E-state index in [2.05, 4.69) is 20.5 Å². The molecule has 1 aliphatic rings. The summed E-state index contributed by atoms with van der Waals surface area (Å²) in [6.45, 7) is 6.78.